The van der Waals surface area contributed by atoms with E-state index in [2.05, 4.69) is 26.9 Å². The highest BCUT2D eigenvalue weighted by Gasteiger charge is 2.31. The number of hydrogen-bond acceptors (Lipinski definition) is 4. The Morgan fingerprint density at radius 3 is 2.41 bits per heavy atom. The van der Waals surface area contributed by atoms with E-state index in [1.165, 1.54) is 12.8 Å². The lowest BCUT2D eigenvalue weighted by atomic mass is 9.99. The summed E-state index contributed by atoms with van der Waals surface area (Å²) in [7, 11) is 0. The van der Waals surface area contributed by atoms with E-state index in [1.807, 2.05) is 0 Å². The minimum absolute atomic E-state index is 0. The summed E-state index contributed by atoms with van der Waals surface area (Å²) in [6.07, 6.45) is 3.65. The molecule has 3 heterocycles. The Hall–Kier alpha value is -0.360. The largest absolute Gasteiger partial charge is 0.340 e. The molecule has 22 heavy (non-hydrogen) atoms. The van der Waals surface area contributed by atoms with Gasteiger partial charge in [0.25, 0.3) is 0 Å². The van der Waals surface area contributed by atoms with Gasteiger partial charge in [0.1, 0.15) is 0 Å². The molecule has 0 saturated carbocycles. The van der Waals surface area contributed by atoms with Gasteiger partial charge in [-0.05, 0) is 38.3 Å². The molecule has 0 aromatic heterocycles. The highest BCUT2D eigenvalue weighted by Crippen LogP contribution is 2.19. The van der Waals surface area contributed by atoms with E-state index in [4.69, 9.17) is 0 Å². The second-order valence-electron chi connectivity index (χ2n) is 7.03. The molecule has 3 rings (SSSR count). The van der Waals surface area contributed by atoms with E-state index in [1.54, 1.807) is 0 Å². The molecule has 128 valence electrons. The molecule has 6 heteroatoms. The second kappa shape index (κ2) is 8.48. The Morgan fingerprint density at radius 1 is 1.05 bits per heavy atom. The van der Waals surface area contributed by atoms with Crippen LogP contribution in [0.5, 0.6) is 0 Å². The van der Waals surface area contributed by atoms with Gasteiger partial charge in [0, 0.05) is 45.3 Å². The van der Waals surface area contributed by atoms with Crippen molar-refractivity contribution in [1.29, 1.82) is 0 Å². The van der Waals surface area contributed by atoms with Crippen molar-refractivity contribution in [2.24, 2.45) is 5.92 Å². The maximum Gasteiger partial charge on any atom is 0.236 e. The zero-order valence-corrected chi connectivity index (χ0v) is 14.6. The average Bonchev–Trinajstić information content (AvgIpc) is 3.00. The van der Waals surface area contributed by atoms with Gasteiger partial charge in [-0.2, -0.15) is 0 Å². The van der Waals surface area contributed by atoms with E-state index in [9.17, 15) is 4.79 Å². The Balaban J connectivity index is 0.00000176. The van der Waals surface area contributed by atoms with Gasteiger partial charge in [-0.15, -0.1) is 12.4 Å². The van der Waals surface area contributed by atoms with Crippen LogP contribution in [0.2, 0.25) is 0 Å². The Morgan fingerprint density at radius 2 is 1.73 bits per heavy atom. The summed E-state index contributed by atoms with van der Waals surface area (Å²) in [5.41, 5.74) is 0. The maximum absolute atomic E-state index is 12.5. The number of carbonyl (C=O) groups excluding carboxylic acids is 1. The molecule has 0 aliphatic carbocycles. The van der Waals surface area contributed by atoms with Crippen molar-refractivity contribution in [2.45, 2.75) is 32.2 Å². The van der Waals surface area contributed by atoms with Crippen molar-refractivity contribution < 1.29 is 4.79 Å². The summed E-state index contributed by atoms with van der Waals surface area (Å²) < 4.78 is 0. The fourth-order valence-electron chi connectivity index (χ4n) is 3.83. The number of halogens is 1. The van der Waals surface area contributed by atoms with Gasteiger partial charge in [0.2, 0.25) is 5.91 Å². The topological polar surface area (TPSA) is 38.8 Å². The quantitative estimate of drug-likeness (QED) is 0.824. The predicted octanol–water partition coefficient (Wildman–Crippen LogP) is 0.646. The first-order valence-electron chi connectivity index (χ1n) is 8.67. The van der Waals surface area contributed by atoms with Crippen LogP contribution >= 0.6 is 12.4 Å². The van der Waals surface area contributed by atoms with E-state index in [0.29, 0.717) is 18.5 Å². The molecule has 3 saturated heterocycles. The molecule has 0 radical (unpaired) electrons. The molecule has 5 nitrogen and oxygen atoms in total. The van der Waals surface area contributed by atoms with Crippen molar-refractivity contribution >= 4 is 18.3 Å². The molecule has 1 N–H and O–H groups in total. The number of hydrogen-bond donors (Lipinski definition) is 1. The van der Waals surface area contributed by atoms with Crippen molar-refractivity contribution in [2.75, 3.05) is 58.9 Å². The molecule has 0 aromatic rings. The number of piperazine rings is 1. The van der Waals surface area contributed by atoms with Gasteiger partial charge in [-0.25, -0.2) is 0 Å². The predicted molar refractivity (Wildman–Crippen MR) is 91.5 cm³/mol. The average molecular weight is 331 g/mol. The third kappa shape index (κ3) is 4.57. The number of nitrogens with zero attached hydrogens (tertiary/aromatic N) is 3. The minimum Gasteiger partial charge on any atom is -0.340 e. The number of likely N-dealkylation sites (tertiary alicyclic amines) is 2. The van der Waals surface area contributed by atoms with Crippen LogP contribution in [0, 0.1) is 5.92 Å². The summed E-state index contributed by atoms with van der Waals surface area (Å²) in [5.74, 6) is 1.18. The van der Waals surface area contributed by atoms with Crippen LogP contribution in [0.3, 0.4) is 0 Å². The van der Waals surface area contributed by atoms with Crippen molar-refractivity contribution in [1.82, 2.24) is 20.0 Å². The zero-order chi connectivity index (χ0) is 14.7. The normalized spacial score (nSPS) is 28.6. The van der Waals surface area contributed by atoms with Crippen LogP contribution < -0.4 is 5.32 Å². The highest BCUT2D eigenvalue weighted by atomic mass is 35.5. The molecule has 1 unspecified atom stereocenters. The van der Waals surface area contributed by atoms with Crippen LogP contribution in [0.25, 0.3) is 0 Å². The number of carbonyl (C=O) groups is 1. The third-order valence-electron chi connectivity index (χ3n) is 5.42. The number of rotatable bonds is 3. The fourth-order valence-corrected chi connectivity index (χ4v) is 3.83. The first-order valence-corrected chi connectivity index (χ1v) is 8.67. The minimum atomic E-state index is 0. The van der Waals surface area contributed by atoms with Crippen LogP contribution in [0.1, 0.15) is 26.2 Å². The second-order valence-corrected chi connectivity index (χ2v) is 7.03. The van der Waals surface area contributed by atoms with Gasteiger partial charge in [-0.1, -0.05) is 6.92 Å². The lowest BCUT2D eigenvalue weighted by Crippen LogP contribution is -2.50. The standard InChI is InChI=1S/C16H30N4O.ClH/c1-14-2-7-18(8-3-14)13-16(21)20-9-4-15(12-20)19-10-5-17-6-11-19;/h14-15,17H,2-13H2,1H3;1H. The summed E-state index contributed by atoms with van der Waals surface area (Å²) in [4.78, 5) is 19.5. The van der Waals surface area contributed by atoms with E-state index in [-0.39, 0.29) is 12.4 Å². The lowest BCUT2D eigenvalue weighted by molar-refractivity contribution is -0.131. The van der Waals surface area contributed by atoms with Crippen LogP contribution in [-0.4, -0.2) is 85.6 Å². The van der Waals surface area contributed by atoms with Crippen molar-refractivity contribution in [3.8, 4) is 0 Å². The number of amides is 1. The Bertz CT molecular complexity index is 354. The van der Waals surface area contributed by atoms with Gasteiger partial charge < -0.3 is 10.2 Å². The molecule has 0 bridgehead atoms. The number of nitrogens with one attached hydrogen (secondary N) is 1. The molecule has 3 fully saturated rings. The third-order valence-corrected chi connectivity index (χ3v) is 5.42. The first-order chi connectivity index (χ1) is 10.2. The van der Waals surface area contributed by atoms with E-state index >= 15 is 0 Å². The summed E-state index contributed by atoms with van der Waals surface area (Å²) >= 11 is 0. The number of piperidine rings is 1. The van der Waals surface area contributed by atoms with Crippen LogP contribution in [0.4, 0.5) is 0 Å². The zero-order valence-electron chi connectivity index (χ0n) is 13.8. The van der Waals surface area contributed by atoms with Crippen LogP contribution in [0.15, 0.2) is 0 Å². The molecule has 0 spiro atoms. The lowest BCUT2D eigenvalue weighted by Gasteiger charge is -2.33. The SMILES string of the molecule is CC1CCN(CC(=O)N2CCC(N3CCNCC3)C2)CC1.Cl. The van der Waals surface area contributed by atoms with Crippen LogP contribution in [-0.2, 0) is 4.79 Å². The van der Waals surface area contributed by atoms with E-state index in [0.717, 1.165) is 64.7 Å². The molecular formula is C16H31ClN4O. The Kier molecular flexibility index (Phi) is 6.93. The maximum atomic E-state index is 12.5. The summed E-state index contributed by atoms with van der Waals surface area (Å²) in [6.45, 7) is 11.5. The fraction of sp³-hybridized carbons (Fsp3) is 0.938. The molecule has 3 aliphatic heterocycles. The highest BCUT2D eigenvalue weighted by molar-refractivity contribution is 5.85. The molecular weight excluding hydrogens is 300 g/mol. The molecule has 0 aromatic carbocycles. The smallest absolute Gasteiger partial charge is 0.236 e. The van der Waals surface area contributed by atoms with Gasteiger partial charge in [0.05, 0.1) is 6.54 Å². The Labute approximate surface area is 140 Å². The monoisotopic (exact) mass is 330 g/mol. The molecule has 1 amide bonds. The molecule has 1 atom stereocenters. The first kappa shape index (κ1) is 18.0. The van der Waals surface area contributed by atoms with Crippen molar-refractivity contribution in [3.05, 3.63) is 0 Å². The van der Waals surface area contributed by atoms with Gasteiger partial charge in [-0.3, -0.25) is 14.6 Å². The van der Waals surface area contributed by atoms with E-state index < -0.39 is 0 Å². The summed E-state index contributed by atoms with van der Waals surface area (Å²) in [6, 6.07) is 0.595. The van der Waals surface area contributed by atoms with Gasteiger partial charge >= 0.3 is 0 Å². The van der Waals surface area contributed by atoms with Gasteiger partial charge in [0.15, 0.2) is 0 Å². The van der Waals surface area contributed by atoms with Crippen molar-refractivity contribution in [3.63, 3.8) is 0 Å². The molecule has 3 aliphatic rings. The summed E-state index contributed by atoms with van der Waals surface area (Å²) in [5, 5.41) is 3.40.